The second-order valence-electron chi connectivity index (χ2n) is 5.20. The zero-order valence-corrected chi connectivity index (χ0v) is 10.9. The van der Waals surface area contributed by atoms with Crippen LogP contribution in [0.2, 0.25) is 0 Å². The fraction of sp³-hybridized carbons (Fsp3) is 0.222. The molecule has 0 bridgehead atoms. The van der Waals surface area contributed by atoms with Gasteiger partial charge in [0.05, 0.1) is 6.61 Å². The van der Waals surface area contributed by atoms with Crippen molar-refractivity contribution in [1.82, 2.24) is 0 Å². The van der Waals surface area contributed by atoms with E-state index in [9.17, 15) is 5.11 Å². The summed E-state index contributed by atoms with van der Waals surface area (Å²) in [5, 5.41) is 9.74. The maximum atomic E-state index is 9.74. The Morgan fingerprint density at radius 2 is 1.58 bits per heavy atom. The molecule has 0 saturated heterocycles. The molecular weight excluding hydrogens is 232 g/mol. The second-order valence-corrected chi connectivity index (χ2v) is 5.20. The molecule has 3 rings (SSSR count). The summed E-state index contributed by atoms with van der Waals surface area (Å²) in [6.07, 6.45) is 4.21. The molecule has 1 aliphatic rings. The van der Waals surface area contributed by atoms with Crippen molar-refractivity contribution in [2.75, 3.05) is 6.61 Å². The lowest BCUT2D eigenvalue weighted by molar-refractivity contribution is 0.261. The van der Waals surface area contributed by atoms with Gasteiger partial charge in [-0.3, -0.25) is 0 Å². The minimum absolute atomic E-state index is 0.101. The van der Waals surface area contributed by atoms with Gasteiger partial charge in [-0.15, -0.1) is 0 Å². The van der Waals surface area contributed by atoms with E-state index in [0.29, 0.717) is 0 Å². The van der Waals surface area contributed by atoms with E-state index in [-0.39, 0.29) is 12.0 Å². The Morgan fingerprint density at radius 1 is 0.947 bits per heavy atom. The van der Waals surface area contributed by atoms with Gasteiger partial charge in [0.15, 0.2) is 0 Å². The molecule has 0 aromatic heterocycles. The predicted octanol–water partition coefficient (Wildman–Crippen LogP) is 3.49. The van der Waals surface area contributed by atoms with Crippen molar-refractivity contribution >= 4 is 0 Å². The summed E-state index contributed by atoms with van der Waals surface area (Å²) >= 11 is 0. The van der Waals surface area contributed by atoms with E-state index in [1.54, 1.807) is 0 Å². The van der Waals surface area contributed by atoms with Crippen LogP contribution in [-0.2, 0) is 11.8 Å². The Bertz CT molecular complexity index is 571. The summed E-state index contributed by atoms with van der Waals surface area (Å²) in [5.74, 6) is 0. The maximum absolute atomic E-state index is 9.74. The molecule has 1 nitrogen and oxygen atoms in total. The highest BCUT2D eigenvalue weighted by Gasteiger charge is 2.49. The number of allylic oxidation sites excluding steroid dienone is 1. The molecule has 19 heavy (non-hydrogen) atoms. The van der Waals surface area contributed by atoms with E-state index >= 15 is 0 Å². The maximum Gasteiger partial charge on any atom is 0.0568 e. The van der Waals surface area contributed by atoms with Gasteiger partial charge in [-0.05, 0) is 24.0 Å². The smallest absolute Gasteiger partial charge is 0.0568 e. The number of hydrogen-bond acceptors (Lipinski definition) is 1. The Morgan fingerprint density at radius 3 is 2.21 bits per heavy atom. The number of aliphatic hydroxyl groups excluding tert-OH is 1. The zero-order chi connectivity index (χ0) is 13.1. The van der Waals surface area contributed by atoms with Crippen molar-refractivity contribution in [3.05, 3.63) is 83.4 Å². The Labute approximate surface area is 114 Å². The average molecular weight is 250 g/mol. The molecule has 0 aliphatic heterocycles. The van der Waals surface area contributed by atoms with Gasteiger partial charge in [0.25, 0.3) is 0 Å². The number of benzene rings is 2. The molecule has 1 heteroatoms. The van der Waals surface area contributed by atoms with Crippen LogP contribution in [0.1, 0.15) is 17.5 Å². The molecule has 2 aromatic rings. The molecule has 1 atom stereocenters. The standard InChI is InChI=1S/C18H18O/c19-14-18(16-9-5-2-6-10-16)13-17(18)12-11-15-7-3-1-4-8-15/h1-10,12,19H,11,13-14H2/b17-12+/t18-/m1/s1. The summed E-state index contributed by atoms with van der Waals surface area (Å²) in [4.78, 5) is 0. The topological polar surface area (TPSA) is 20.2 Å². The van der Waals surface area contributed by atoms with Gasteiger partial charge in [0, 0.05) is 5.41 Å². The first-order valence-corrected chi connectivity index (χ1v) is 6.75. The van der Waals surface area contributed by atoms with Crippen LogP contribution in [0.15, 0.2) is 72.3 Å². The first-order chi connectivity index (χ1) is 9.35. The fourth-order valence-corrected chi connectivity index (χ4v) is 2.70. The average Bonchev–Trinajstić information content (AvgIpc) is 3.22. The SMILES string of the molecule is OC[C@@]1(c2ccccc2)C/C1=C\Cc1ccccc1. The van der Waals surface area contributed by atoms with Crippen molar-refractivity contribution in [2.45, 2.75) is 18.3 Å². The van der Waals surface area contributed by atoms with Crippen LogP contribution in [0.5, 0.6) is 0 Å². The second kappa shape index (κ2) is 5.02. The van der Waals surface area contributed by atoms with Crippen LogP contribution in [0.4, 0.5) is 0 Å². The summed E-state index contributed by atoms with van der Waals surface area (Å²) in [6.45, 7) is 0.206. The summed E-state index contributed by atoms with van der Waals surface area (Å²) in [6, 6.07) is 20.8. The Kier molecular flexibility index (Phi) is 3.22. The van der Waals surface area contributed by atoms with E-state index in [4.69, 9.17) is 0 Å². The normalized spacial score (nSPS) is 23.5. The van der Waals surface area contributed by atoms with Crippen molar-refractivity contribution in [3.8, 4) is 0 Å². The van der Waals surface area contributed by atoms with Crippen molar-refractivity contribution < 1.29 is 5.11 Å². The molecule has 1 fully saturated rings. The number of rotatable bonds is 4. The number of hydrogen-bond donors (Lipinski definition) is 1. The largest absolute Gasteiger partial charge is 0.395 e. The van der Waals surface area contributed by atoms with E-state index in [2.05, 4.69) is 42.5 Å². The molecule has 0 spiro atoms. The highest BCUT2D eigenvalue weighted by molar-refractivity contribution is 5.50. The highest BCUT2D eigenvalue weighted by atomic mass is 16.3. The third-order valence-corrected chi connectivity index (χ3v) is 4.01. The van der Waals surface area contributed by atoms with Crippen LogP contribution < -0.4 is 0 Å². The van der Waals surface area contributed by atoms with Crippen LogP contribution >= 0.6 is 0 Å². The molecular formula is C18H18O. The van der Waals surface area contributed by atoms with Gasteiger partial charge in [-0.25, -0.2) is 0 Å². The lowest BCUT2D eigenvalue weighted by Crippen LogP contribution is -2.12. The van der Waals surface area contributed by atoms with Gasteiger partial charge in [0.2, 0.25) is 0 Å². The minimum atomic E-state index is -0.101. The molecule has 0 heterocycles. The summed E-state index contributed by atoms with van der Waals surface area (Å²) in [7, 11) is 0. The first-order valence-electron chi connectivity index (χ1n) is 6.75. The van der Waals surface area contributed by atoms with Crippen LogP contribution in [0, 0.1) is 0 Å². The molecule has 96 valence electrons. The molecule has 0 radical (unpaired) electrons. The molecule has 2 aromatic carbocycles. The van der Waals surface area contributed by atoms with E-state index in [1.807, 2.05) is 24.3 Å². The molecule has 0 amide bonds. The molecule has 0 unspecified atom stereocenters. The predicted molar refractivity (Wildman–Crippen MR) is 78.1 cm³/mol. The van der Waals surface area contributed by atoms with Crippen LogP contribution in [-0.4, -0.2) is 11.7 Å². The molecule has 1 aliphatic carbocycles. The zero-order valence-electron chi connectivity index (χ0n) is 10.9. The van der Waals surface area contributed by atoms with E-state index in [1.165, 1.54) is 16.7 Å². The fourth-order valence-electron chi connectivity index (χ4n) is 2.70. The van der Waals surface area contributed by atoms with Gasteiger partial charge in [-0.2, -0.15) is 0 Å². The highest BCUT2D eigenvalue weighted by Crippen LogP contribution is 2.53. The van der Waals surface area contributed by atoms with E-state index < -0.39 is 0 Å². The third-order valence-electron chi connectivity index (χ3n) is 4.01. The summed E-state index contributed by atoms with van der Waals surface area (Å²) < 4.78 is 0. The van der Waals surface area contributed by atoms with Crippen molar-refractivity contribution in [2.24, 2.45) is 0 Å². The lowest BCUT2D eigenvalue weighted by atomic mass is 9.95. The van der Waals surface area contributed by atoms with Gasteiger partial charge >= 0.3 is 0 Å². The first kappa shape index (κ1) is 12.2. The van der Waals surface area contributed by atoms with E-state index in [0.717, 1.165) is 12.8 Å². The molecule has 1 N–H and O–H groups in total. The number of aliphatic hydroxyl groups is 1. The van der Waals surface area contributed by atoms with Crippen LogP contribution in [0.3, 0.4) is 0 Å². The van der Waals surface area contributed by atoms with Gasteiger partial charge < -0.3 is 5.11 Å². The quantitative estimate of drug-likeness (QED) is 0.824. The van der Waals surface area contributed by atoms with Crippen molar-refractivity contribution in [1.29, 1.82) is 0 Å². The lowest BCUT2D eigenvalue weighted by Gasteiger charge is -2.11. The molecule has 1 saturated carbocycles. The van der Waals surface area contributed by atoms with Crippen LogP contribution in [0.25, 0.3) is 0 Å². The monoisotopic (exact) mass is 250 g/mol. The Hall–Kier alpha value is -1.86. The third kappa shape index (κ3) is 2.34. The Balaban J connectivity index is 1.78. The minimum Gasteiger partial charge on any atom is -0.395 e. The summed E-state index contributed by atoms with van der Waals surface area (Å²) in [5.41, 5.74) is 3.82. The van der Waals surface area contributed by atoms with Gasteiger partial charge in [-0.1, -0.05) is 72.3 Å². The van der Waals surface area contributed by atoms with Gasteiger partial charge in [0.1, 0.15) is 0 Å². The van der Waals surface area contributed by atoms with Crippen molar-refractivity contribution in [3.63, 3.8) is 0 Å².